The zero-order chi connectivity index (χ0) is 17.9. The van der Waals surface area contributed by atoms with Crippen LogP contribution >= 0.6 is 24.8 Å². The highest BCUT2D eigenvalue weighted by molar-refractivity contribution is 5.95. The van der Waals surface area contributed by atoms with Crippen LogP contribution in [0.25, 0.3) is 0 Å². The van der Waals surface area contributed by atoms with Gasteiger partial charge in [0.1, 0.15) is 5.82 Å². The number of benzene rings is 1. The summed E-state index contributed by atoms with van der Waals surface area (Å²) in [5.74, 6) is -0.556. The van der Waals surface area contributed by atoms with E-state index in [1.54, 1.807) is 12.1 Å². The third kappa shape index (κ3) is 5.47. The summed E-state index contributed by atoms with van der Waals surface area (Å²) in [5.41, 5.74) is 6.51. The number of nitrogens with zero attached hydrogens (tertiary/aromatic N) is 2. The number of hydrogen-bond donors (Lipinski definition) is 2. The smallest absolute Gasteiger partial charge is 0.251 e. The van der Waals surface area contributed by atoms with Crippen molar-refractivity contribution in [1.29, 1.82) is 0 Å². The van der Waals surface area contributed by atoms with E-state index in [1.807, 2.05) is 0 Å². The molecule has 2 fully saturated rings. The second-order valence-electron chi connectivity index (χ2n) is 7.23. The fraction of sp³-hybridized carbons (Fsp3) is 0.632. The predicted octanol–water partition coefficient (Wildman–Crippen LogP) is 2.81. The van der Waals surface area contributed by atoms with E-state index < -0.39 is 0 Å². The fourth-order valence-corrected chi connectivity index (χ4v) is 3.95. The number of carbonyl (C=O) groups excluding carboxylic acids is 1. The molecule has 1 aromatic carbocycles. The molecule has 1 saturated carbocycles. The van der Waals surface area contributed by atoms with Crippen molar-refractivity contribution in [2.75, 3.05) is 44.2 Å². The normalized spacial score (nSPS) is 19.1. The van der Waals surface area contributed by atoms with E-state index in [4.69, 9.17) is 5.73 Å². The summed E-state index contributed by atoms with van der Waals surface area (Å²) in [6.45, 7) is 7.11. The van der Waals surface area contributed by atoms with Gasteiger partial charge in [-0.1, -0.05) is 19.8 Å². The monoisotopic (exact) mass is 420 g/mol. The van der Waals surface area contributed by atoms with Crippen LogP contribution in [0.2, 0.25) is 0 Å². The molecular weight excluding hydrogens is 390 g/mol. The van der Waals surface area contributed by atoms with Crippen molar-refractivity contribution in [2.45, 2.75) is 38.1 Å². The quantitative estimate of drug-likeness (QED) is 0.768. The maximum Gasteiger partial charge on any atom is 0.251 e. The number of nitrogens with one attached hydrogen (secondary N) is 1. The molecule has 3 N–H and O–H groups in total. The molecule has 0 bridgehead atoms. The summed E-state index contributed by atoms with van der Waals surface area (Å²) < 4.78 is 14.6. The SMILES string of the molecule is CCN1CCN(c2ccc(C(=O)NC3(CN)CCCC3)cc2F)CC1.Cl.Cl. The van der Waals surface area contributed by atoms with Gasteiger partial charge < -0.3 is 20.9 Å². The van der Waals surface area contributed by atoms with Gasteiger partial charge in [-0.15, -0.1) is 24.8 Å². The van der Waals surface area contributed by atoms with E-state index in [0.717, 1.165) is 58.4 Å². The molecular formula is C19H31Cl2FN4O. The first-order valence-corrected chi connectivity index (χ1v) is 9.36. The van der Waals surface area contributed by atoms with E-state index in [9.17, 15) is 9.18 Å². The van der Waals surface area contributed by atoms with E-state index in [0.29, 0.717) is 17.8 Å². The van der Waals surface area contributed by atoms with Crippen LogP contribution in [-0.4, -0.2) is 55.6 Å². The Hall–Kier alpha value is -1.08. The number of likely N-dealkylation sites (N-methyl/N-ethyl adjacent to an activating group) is 1. The van der Waals surface area contributed by atoms with Crippen LogP contribution in [0.4, 0.5) is 10.1 Å². The molecule has 0 atom stereocenters. The largest absolute Gasteiger partial charge is 0.367 e. The molecule has 1 aliphatic carbocycles. The van der Waals surface area contributed by atoms with Crippen LogP contribution in [-0.2, 0) is 0 Å². The minimum atomic E-state index is -0.328. The summed E-state index contributed by atoms with van der Waals surface area (Å²) in [6.07, 6.45) is 3.96. The minimum absolute atomic E-state index is 0. The number of nitrogens with two attached hydrogens (primary N) is 1. The van der Waals surface area contributed by atoms with Crippen molar-refractivity contribution in [2.24, 2.45) is 5.73 Å². The summed E-state index contributed by atoms with van der Waals surface area (Å²) in [5, 5.41) is 3.05. The Balaban J connectivity index is 0.00000182. The Kier molecular flexibility index (Phi) is 9.28. The number of amides is 1. The van der Waals surface area contributed by atoms with Crippen LogP contribution < -0.4 is 16.0 Å². The molecule has 0 radical (unpaired) electrons. The lowest BCUT2D eigenvalue weighted by Gasteiger charge is -2.35. The van der Waals surface area contributed by atoms with Crippen molar-refractivity contribution < 1.29 is 9.18 Å². The number of piperazine rings is 1. The minimum Gasteiger partial charge on any atom is -0.367 e. The van der Waals surface area contributed by atoms with Crippen molar-refractivity contribution in [3.8, 4) is 0 Å². The average Bonchev–Trinajstić information content (AvgIpc) is 3.11. The van der Waals surface area contributed by atoms with Crippen molar-refractivity contribution in [3.63, 3.8) is 0 Å². The molecule has 1 heterocycles. The van der Waals surface area contributed by atoms with Crippen LogP contribution in [0, 0.1) is 5.82 Å². The van der Waals surface area contributed by atoms with Crippen molar-refractivity contribution in [1.82, 2.24) is 10.2 Å². The maximum absolute atomic E-state index is 14.6. The topological polar surface area (TPSA) is 61.6 Å². The molecule has 0 unspecified atom stereocenters. The van der Waals surface area contributed by atoms with Gasteiger partial charge in [-0.2, -0.15) is 0 Å². The molecule has 5 nitrogen and oxygen atoms in total. The van der Waals surface area contributed by atoms with Gasteiger partial charge in [0.2, 0.25) is 0 Å². The molecule has 1 saturated heterocycles. The zero-order valence-electron chi connectivity index (χ0n) is 15.9. The number of rotatable bonds is 5. The molecule has 0 aromatic heterocycles. The van der Waals surface area contributed by atoms with Gasteiger partial charge >= 0.3 is 0 Å². The Morgan fingerprint density at radius 2 is 1.81 bits per heavy atom. The third-order valence-electron chi connectivity index (χ3n) is 5.70. The molecule has 27 heavy (non-hydrogen) atoms. The molecule has 0 spiro atoms. The molecule has 1 aromatic rings. The molecule has 8 heteroatoms. The van der Waals surface area contributed by atoms with Crippen molar-refractivity contribution >= 4 is 36.4 Å². The first kappa shape index (κ1) is 24.0. The zero-order valence-corrected chi connectivity index (χ0v) is 17.5. The van der Waals surface area contributed by atoms with Gasteiger partial charge in [-0.25, -0.2) is 4.39 Å². The molecule has 2 aliphatic rings. The van der Waals surface area contributed by atoms with Crippen LogP contribution in [0.3, 0.4) is 0 Å². The maximum atomic E-state index is 14.6. The first-order chi connectivity index (χ1) is 12.1. The van der Waals surface area contributed by atoms with E-state index in [2.05, 4.69) is 22.0 Å². The van der Waals surface area contributed by atoms with Crippen LogP contribution in [0.5, 0.6) is 0 Å². The lowest BCUT2D eigenvalue weighted by molar-refractivity contribution is 0.0902. The third-order valence-corrected chi connectivity index (χ3v) is 5.70. The van der Waals surface area contributed by atoms with Gasteiger partial charge in [-0.3, -0.25) is 4.79 Å². The van der Waals surface area contributed by atoms with Gasteiger partial charge in [0.25, 0.3) is 5.91 Å². The Morgan fingerprint density at radius 1 is 1.19 bits per heavy atom. The summed E-state index contributed by atoms with van der Waals surface area (Å²) in [6, 6.07) is 4.81. The number of anilines is 1. The number of halogens is 3. The second-order valence-corrected chi connectivity index (χ2v) is 7.23. The van der Waals surface area contributed by atoms with Gasteiger partial charge in [0, 0.05) is 38.3 Å². The molecule has 1 amide bonds. The Bertz CT molecular complexity index is 618. The van der Waals surface area contributed by atoms with Crippen molar-refractivity contribution in [3.05, 3.63) is 29.6 Å². The van der Waals surface area contributed by atoms with Crippen LogP contribution in [0.1, 0.15) is 43.0 Å². The van der Waals surface area contributed by atoms with Gasteiger partial charge in [0.15, 0.2) is 0 Å². The molecule has 3 rings (SSSR count). The number of carbonyl (C=O) groups is 1. The summed E-state index contributed by atoms with van der Waals surface area (Å²) in [4.78, 5) is 16.9. The van der Waals surface area contributed by atoms with Gasteiger partial charge in [-0.05, 0) is 37.6 Å². The predicted molar refractivity (Wildman–Crippen MR) is 113 cm³/mol. The second kappa shape index (κ2) is 10.5. The lowest BCUT2D eigenvalue weighted by atomic mass is 9.97. The highest BCUT2D eigenvalue weighted by Crippen LogP contribution is 2.29. The lowest BCUT2D eigenvalue weighted by Crippen LogP contribution is -2.51. The Labute approximate surface area is 173 Å². The first-order valence-electron chi connectivity index (χ1n) is 9.36. The van der Waals surface area contributed by atoms with Crippen LogP contribution in [0.15, 0.2) is 18.2 Å². The summed E-state index contributed by atoms with van der Waals surface area (Å²) >= 11 is 0. The van der Waals surface area contributed by atoms with E-state index in [1.165, 1.54) is 6.07 Å². The number of hydrogen-bond acceptors (Lipinski definition) is 4. The van der Waals surface area contributed by atoms with Gasteiger partial charge in [0.05, 0.1) is 11.2 Å². The highest BCUT2D eigenvalue weighted by Gasteiger charge is 2.34. The fourth-order valence-electron chi connectivity index (χ4n) is 3.95. The standard InChI is InChI=1S/C19H29FN4O.2ClH/c1-2-23-9-11-24(12-10-23)17-6-5-15(13-16(17)20)18(25)22-19(14-21)7-3-4-8-19;;/h5-6,13H,2-4,7-12,14,21H2,1H3,(H,22,25);2*1H. The molecule has 1 aliphatic heterocycles. The van der Waals surface area contributed by atoms with E-state index >= 15 is 0 Å². The average molecular weight is 421 g/mol. The molecule has 154 valence electrons. The Morgan fingerprint density at radius 3 is 2.33 bits per heavy atom. The summed E-state index contributed by atoms with van der Waals surface area (Å²) in [7, 11) is 0. The van der Waals surface area contributed by atoms with E-state index in [-0.39, 0.29) is 42.1 Å². The highest BCUT2D eigenvalue weighted by atomic mass is 35.5.